The third kappa shape index (κ3) is 3.58. The summed E-state index contributed by atoms with van der Waals surface area (Å²) >= 11 is 0. The van der Waals surface area contributed by atoms with Gasteiger partial charge in [0.2, 0.25) is 11.8 Å². The smallest absolute Gasteiger partial charge is 0.231 e. The molecule has 0 bridgehead atoms. The molecule has 1 atom stereocenters. The van der Waals surface area contributed by atoms with Gasteiger partial charge in [0.05, 0.1) is 17.3 Å². The van der Waals surface area contributed by atoms with Crippen molar-refractivity contribution in [1.82, 2.24) is 10.3 Å². The van der Waals surface area contributed by atoms with Crippen LogP contribution in [0.5, 0.6) is 0 Å². The van der Waals surface area contributed by atoms with Crippen LogP contribution < -0.4 is 15.5 Å². The number of hydrogen-bond donors (Lipinski definition) is 2. The molecule has 1 unspecified atom stereocenters. The van der Waals surface area contributed by atoms with Crippen molar-refractivity contribution in [2.45, 2.75) is 26.7 Å². The fourth-order valence-corrected chi connectivity index (χ4v) is 2.35. The van der Waals surface area contributed by atoms with Gasteiger partial charge in [0.25, 0.3) is 0 Å². The molecule has 0 aromatic carbocycles. The second kappa shape index (κ2) is 6.22. The zero-order chi connectivity index (χ0) is 15.5. The molecule has 1 aromatic rings. The van der Waals surface area contributed by atoms with Crippen molar-refractivity contribution < 1.29 is 9.59 Å². The van der Waals surface area contributed by atoms with Crippen molar-refractivity contribution in [2.75, 3.05) is 30.4 Å². The van der Waals surface area contributed by atoms with Gasteiger partial charge in [-0.1, -0.05) is 0 Å². The lowest BCUT2D eigenvalue weighted by atomic mass is 9.82. The number of rotatable bonds is 3. The average molecular weight is 290 g/mol. The summed E-state index contributed by atoms with van der Waals surface area (Å²) < 4.78 is 0. The van der Waals surface area contributed by atoms with E-state index in [2.05, 4.69) is 15.6 Å². The number of pyridine rings is 1. The highest BCUT2D eigenvalue weighted by Crippen LogP contribution is 2.27. The van der Waals surface area contributed by atoms with Crippen LogP contribution in [0, 0.1) is 5.41 Å². The molecule has 6 heteroatoms. The molecule has 2 N–H and O–H groups in total. The van der Waals surface area contributed by atoms with Crippen LogP contribution in [0.15, 0.2) is 18.3 Å². The number of nitrogens with zero attached hydrogens (tertiary/aromatic N) is 2. The lowest BCUT2D eigenvalue weighted by Crippen LogP contribution is -2.46. The van der Waals surface area contributed by atoms with E-state index in [1.54, 1.807) is 25.4 Å². The Balaban J connectivity index is 2.03. The third-order valence-corrected chi connectivity index (χ3v) is 3.97. The van der Waals surface area contributed by atoms with E-state index in [1.807, 2.05) is 6.92 Å². The maximum atomic E-state index is 12.4. The van der Waals surface area contributed by atoms with Crippen LogP contribution in [0.3, 0.4) is 0 Å². The van der Waals surface area contributed by atoms with Crippen LogP contribution in [0.4, 0.5) is 11.5 Å². The van der Waals surface area contributed by atoms with Gasteiger partial charge in [0.15, 0.2) is 0 Å². The summed E-state index contributed by atoms with van der Waals surface area (Å²) in [6, 6.07) is 3.48. The largest absolute Gasteiger partial charge is 0.324 e. The Kier molecular flexibility index (Phi) is 4.57. The Morgan fingerprint density at radius 3 is 2.71 bits per heavy atom. The average Bonchev–Trinajstić information content (AvgIpc) is 2.48. The van der Waals surface area contributed by atoms with Crippen molar-refractivity contribution in [3.63, 3.8) is 0 Å². The number of aromatic nitrogens is 1. The zero-order valence-corrected chi connectivity index (χ0v) is 12.8. The minimum absolute atomic E-state index is 0.00386. The Morgan fingerprint density at radius 1 is 1.43 bits per heavy atom. The van der Waals surface area contributed by atoms with E-state index in [0.29, 0.717) is 18.1 Å². The van der Waals surface area contributed by atoms with Crippen LogP contribution in [-0.4, -0.2) is 36.9 Å². The topological polar surface area (TPSA) is 74.3 Å². The second-order valence-corrected chi connectivity index (χ2v) is 5.78. The van der Waals surface area contributed by atoms with E-state index in [-0.39, 0.29) is 17.2 Å². The first kappa shape index (κ1) is 15.4. The Hall–Kier alpha value is -1.95. The van der Waals surface area contributed by atoms with Crippen LogP contribution in [0.1, 0.15) is 26.7 Å². The minimum atomic E-state index is -0.382. The number of amides is 2. The summed E-state index contributed by atoms with van der Waals surface area (Å²) in [5.74, 6) is 0.482. The third-order valence-electron chi connectivity index (χ3n) is 3.97. The highest BCUT2D eigenvalue weighted by molar-refractivity contribution is 5.95. The molecule has 1 saturated heterocycles. The number of piperidine rings is 1. The van der Waals surface area contributed by atoms with Crippen molar-refractivity contribution in [1.29, 1.82) is 0 Å². The highest BCUT2D eigenvalue weighted by Gasteiger charge is 2.34. The van der Waals surface area contributed by atoms with Gasteiger partial charge in [0.1, 0.15) is 5.82 Å². The molecule has 0 aliphatic carbocycles. The summed E-state index contributed by atoms with van der Waals surface area (Å²) in [5.41, 5.74) is 0.264. The molecule has 0 radical (unpaired) electrons. The van der Waals surface area contributed by atoms with Crippen molar-refractivity contribution in [3.05, 3.63) is 18.3 Å². The first-order chi connectivity index (χ1) is 9.92. The van der Waals surface area contributed by atoms with Gasteiger partial charge in [-0.3, -0.25) is 9.59 Å². The molecule has 1 aliphatic rings. The first-order valence-corrected chi connectivity index (χ1v) is 7.15. The zero-order valence-electron chi connectivity index (χ0n) is 12.8. The number of hydrogen-bond acceptors (Lipinski definition) is 4. The van der Waals surface area contributed by atoms with Gasteiger partial charge in [0, 0.05) is 20.5 Å². The lowest BCUT2D eigenvalue weighted by Gasteiger charge is -2.32. The van der Waals surface area contributed by atoms with Gasteiger partial charge in [-0.15, -0.1) is 0 Å². The summed E-state index contributed by atoms with van der Waals surface area (Å²) in [6.07, 6.45) is 3.46. The standard InChI is InChI=1S/C15H22N4O2/c1-11(20)19(3)13-6-5-12(9-17-13)18-14(21)15(2)7-4-8-16-10-15/h5-6,9,16H,4,7-8,10H2,1-3H3,(H,18,21). The second-order valence-electron chi connectivity index (χ2n) is 5.78. The molecule has 1 fully saturated rings. The van der Waals surface area contributed by atoms with Crippen molar-refractivity contribution in [3.8, 4) is 0 Å². The molecule has 6 nitrogen and oxygen atoms in total. The van der Waals surface area contributed by atoms with Crippen LogP contribution in [0.25, 0.3) is 0 Å². The van der Waals surface area contributed by atoms with Gasteiger partial charge >= 0.3 is 0 Å². The monoisotopic (exact) mass is 290 g/mol. The summed E-state index contributed by atoms with van der Waals surface area (Å²) in [5, 5.41) is 6.16. The Labute approximate surface area is 124 Å². The molecule has 2 amide bonds. The summed E-state index contributed by atoms with van der Waals surface area (Å²) in [6.45, 7) is 5.11. The molecule has 1 aliphatic heterocycles. The van der Waals surface area contributed by atoms with E-state index in [9.17, 15) is 9.59 Å². The van der Waals surface area contributed by atoms with E-state index >= 15 is 0 Å². The molecule has 21 heavy (non-hydrogen) atoms. The Bertz CT molecular complexity index is 521. The quantitative estimate of drug-likeness (QED) is 0.882. The normalized spacial score (nSPS) is 21.7. The fourth-order valence-electron chi connectivity index (χ4n) is 2.35. The van der Waals surface area contributed by atoms with Crippen molar-refractivity contribution in [2.24, 2.45) is 5.41 Å². The predicted molar refractivity (Wildman–Crippen MR) is 82.2 cm³/mol. The van der Waals surface area contributed by atoms with Crippen molar-refractivity contribution >= 4 is 23.3 Å². The van der Waals surface area contributed by atoms with Gasteiger partial charge < -0.3 is 15.5 Å². The predicted octanol–water partition coefficient (Wildman–Crippen LogP) is 1.39. The molecule has 2 heterocycles. The fraction of sp³-hybridized carbons (Fsp3) is 0.533. The van der Waals surface area contributed by atoms with Crippen LogP contribution in [-0.2, 0) is 9.59 Å². The van der Waals surface area contributed by atoms with Crippen LogP contribution in [0.2, 0.25) is 0 Å². The molecule has 2 rings (SSSR count). The van der Waals surface area contributed by atoms with E-state index in [0.717, 1.165) is 19.4 Å². The maximum Gasteiger partial charge on any atom is 0.231 e. The lowest BCUT2D eigenvalue weighted by molar-refractivity contribution is -0.125. The van der Waals surface area contributed by atoms with E-state index in [1.165, 1.54) is 11.8 Å². The van der Waals surface area contributed by atoms with Gasteiger partial charge in [-0.25, -0.2) is 4.98 Å². The van der Waals surface area contributed by atoms with Gasteiger partial charge in [-0.2, -0.15) is 0 Å². The number of nitrogens with one attached hydrogen (secondary N) is 2. The SMILES string of the molecule is CC(=O)N(C)c1ccc(NC(=O)C2(C)CCCNC2)cn1. The molecule has 114 valence electrons. The summed E-state index contributed by atoms with van der Waals surface area (Å²) in [7, 11) is 1.66. The molecular weight excluding hydrogens is 268 g/mol. The molecular formula is C15H22N4O2. The minimum Gasteiger partial charge on any atom is -0.324 e. The number of carbonyl (C=O) groups excluding carboxylic acids is 2. The number of anilines is 2. The molecule has 0 saturated carbocycles. The first-order valence-electron chi connectivity index (χ1n) is 7.15. The molecule has 1 aromatic heterocycles. The highest BCUT2D eigenvalue weighted by atomic mass is 16.2. The maximum absolute atomic E-state index is 12.4. The van der Waals surface area contributed by atoms with E-state index in [4.69, 9.17) is 0 Å². The number of carbonyl (C=O) groups is 2. The Morgan fingerprint density at radius 2 is 2.19 bits per heavy atom. The van der Waals surface area contributed by atoms with Crippen LogP contribution >= 0.6 is 0 Å². The van der Waals surface area contributed by atoms with Gasteiger partial charge in [-0.05, 0) is 38.4 Å². The summed E-state index contributed by atoms with van der Waals surface area (Å²) in [4.78, 5) is 29.3. The van der Waals surface area contributed by atoms with E-state index < -0.39 is 0 Å². The molecule has 0 spiro atoms.